The Bertz CT molecular complexity index is 1120. The predicted octanol–water partition coefficient (Wildman–Crippen LogP) is 4.82. The van der Waals surface area contributed by atoms with Gasteiger partial charge in [-0.25, -0.2) is 0 Å². The molecule has 3 aromatic rings. The standard InChI is InChI=1S/C25H29ClN2O3/c1-15-3-5-18-20(11-15)27-16(2)24(18)22(30)14-28-9-7-25(8-10-28)13-21(29)19-12-17(26)4-6-23(19)31-25/h3-6,11-12,21-22,27,29-30H,7-10,13-14H2,1-2H3/t21-,22-/m0/s1. The first-order valence-corrected chi connectivity index (χ1v) is 11.4. The molecule has 2 atom stereocenters. The molecule has 3 N–H and O–H groups in total. The van der Waals surface area contributed by atoms with Gasteiger partial charge in [0.2, 0.25) is 0 Å². The Labute approximate surface area is 187 Å². The van der Waals surface area contributed by atoms with E-state index in [4.69, 9.17) is 16.3 Å². The van der Waals surface area contributed by atoms with Crippen LogP contribution in [0.25, 0.3) is 10.9 Å². The zero-order valence-electron chi connectivity index (χ0n) is 18.0. The molecule has 31 heavy (non-hydrogen) atoms. The van der Waals surface area contributed by atoms with E-state index in [0.717, 1.165) is 59.4 Å². The van der Waals surface area contributed by atoms with E-state index in [1.165, 1.54) is 5.56 Å². The van der Waals surface area contributed by atoms with E-state index < -0.39 is 12.2 Å². The molecule has 0 aliphatic carbocycles. The Morgan fingerprint density at radius 3 is 2.74 bits per heavy atom. The van der Waals surface area contributed by atoms with Crippen molar-refractivity contribution >= 4 is 22.5 Å². The normalized spacial score (nSPS) is 21.8. The minimum atomic E-state index is -0.558. The van der Waals surface area contributed by atoms with Gasteiger partial charge in [0, 0.05) is 58.8 Å². The van der Waals surface area contributed by atoms with E-state index in [0.29, 0.717) is 18.0 Å². The topological polar surface area (TPSA) is 68.7 Å². The fraction of sp³-hybridized carbons (Fsp3) is 0.440. The number of β-amino-alcohol motifs (C(OH)–C–C–N with tert-alkyl or cyclic N) is 1. The van der Waals surface area contributed by atoms with Crippen LogP contribution in [0.5, 0.6) is 5.75 Å². The van der Waals surface area contributed by atoms with Gasteiger partial charge in [-0.2, -0.15) is 0 Å². The molecule has 1 aromatic heterocycles. The van der Waals surface area contributed by atoms with Crippen LogP contribution >= 0.6 is 11.6 Å². The highest BCUT2D eigenvalue weighted by molar-refractivity contribution is 6.30. The van der Waals surface area contributed by atoms with Gasteiger partial charge in [0.15, 0.2) is 0 Å². The van der Waals surface area contributed by atoms with E-state index in [9.17, 15) is 10.2 Å². The highest BCUT2D eigenvalue weighted by Crippen LogP contribution is 2.45. The van der Waals surface area contributed by atoms with Gasteiger partial charge in [-0.1, -0.05) is 23.7 Å². The maximum Gasteiger partial charge on any atom is 0.126 e. The SMILES string of the molecule is Cc1ccc2c([C@@H](O)CN3CCC4(CC3)C[C@H](O)c3cc(Cl)ccc3O4)c(C)[nH]c2c1. The van der Waals surface area contributed by atoms with E-state index in [2.05, 4.69) is 35.0 Å². The number of likely N-dealkylation sites (tertiary alicyclic amines) is 1. The van der Waals surface area contributed by atoms with Crippen LogP contribution in [0.2, 0.25) is 5.02 Å². The number of aromatic nitrogens is 1. The molecule has 0 amide bonds. The van der Waals surface area contributed by atoms with Crippen molar-refractivity contribution in [2.24, 2.45) is 0 Å². The lowest BCUT2D eigenvalue weighted by Gasteiger charge is -2.46. The van der Waals surface area contributed by atoms with E-state index in [-0.39, 0.29) is 5.60 Å². The molecule has 1 saturated heterocycles. The average molecular weight is 441 g/mol. The van der Waals surface area contributed by atoms with Crippen molar-refractivity contribution in [3.63, 3.8) is 0 Å². The van der Waals surface area contributed by atoms with E-state index in [1.54, 1.807) is 6.07 Å². The summed E-state index contributed by atoms with van der Waals surface area (Å²) < 4.78 is 6.39. The molecule has 0 saturated carbocycles. The lowest BCUT2D eigenvalue weighted by atomic mass is 9.81. The third-order valence-electron chi connectivity index (χ3n) is 6.95. The number of benzene rings is 2. The van der Waals surface area contributed by atoms with Crippen LogP contribution < -0.4 is 4.74 Å². The molecule has 1 spiro atoms. The van der Waals surface area contributed by atoms with Crippen LogP contribution in [0.4, 0.5) is 0 Å². The van der Waals surface area contributed by atoms with Gasteiger partial charge in [-0.15, -0.1) is 0 Å². The number of hydrogen-bond acceptors (Lipinski definition) is 4. The van der Waals surface area contributed by atoms with Crippen LogP contribution in [0.3, 0.4) is 0 Å². The Hall–Kier alpha value is -2.05. The van der Waals surface area contributed by atoms with Gasteiger partial charge < -0.3 is 24.8 Å². The molecular weight excluding hydrogens is 412 g/mol. The number of fused-ring (bicyclic) bond motifs is 2. The molecule has 0 bridgehead atoms. The van der Waals surface area contributed by atoms with Crippen molar-refractivity contribution in [2.45, 2.75) is 50.9 Å². The first-order valence-electron chi connectivity index (χ1n) is 11.0. The summed E-state index contributed by atoms with van der Waals surface area (Å²) in [5.74, 6) is 0.737. The summed E-state index contributed by atoms with van der Waals surface area (Å²) >= 11 is 6.08. The number of H-pyrrole nitrogens is 1. The first-order chi connectivity index (χ1) is 14.8. The molecule has 5 rings (SSSR count). The van der Waals surface area contributed by atoms with Crippen molar-refractivity contribution in [2.75, 3.05) is 19.6 Å². The summed E-state index contributed by atoms with van der Waals surface area (Å²) in [6.45, 7) is 6.35. The van der Waals surface area contributed by atoms with Crippen molar-refractivity contribution < 1.29 is 14.9 Å². The third-order valence-corrected chi connectivity index (χ3v) is 7.18. The van der Waals surface area contributed by atoms with Crippen molar-refractivity contribution in [1.82, 2.24) is 9.88 Å². The number of halogens is 1. The number of aromatic amines is 1. The van der Waals surface area contributed by atoms with Crippen LogP contribution in [0.15, 0.2) is 36.4 Å². The average Bonchev–Trinajstić information content (AvgIpc) is 3.05. The smallest absolute Gasteiger partial charge is 0.126 e. The Morgan fingerprint density at radius 1 is 1.19 bits per heavy atom. The van der Waals surface area contributed by atoms with E-state index in [1.807, 2.05) is 19.1 Å². The fourth-order valence-electron chi connectivity index (χ4n) is 5.29. The zero-order valence-corrected chi connectivity index (χ0v) is 18.7. The maximum absolute atomic E-state index is 11.1. The van der Waals surface area contributed by atoms with Gasteiger partial charge >= 0.3 is 0 Å². The summed E-state index contributed by atoms with van der Waals surface area (Å²) in [7, 11) is 0. The second kappa shape index (κ2) is 7.82. The number of nitrogens with one attached hydrogen (secondary N) is 1. The summed E-state index contributed by atoms with van der Waals surface area (Å²) in [5.41, 5.74) is 4.72. The van der Waals surface area contributed by atoms with Gasteiger partial charge in [0.1, 0.15) is 11.4 Å². The molecular formula is C25H29ClN2O3. The number of piperidine rings is 1. The van der Waals surface area contributed by atoms with Gasteiger partial charge in [-0.05, 0) is 56.5 Å². The fourth-order valence-corrected chi connectivity index (χ4v) is 5.47. The number of aryl methyl sites for hydroxylation is 2. The Morgan fingerprint density at radius 2 is 1.97 bits per heavy atom. The molecule has 0 unspecified atom stereocenters. The largest absolute Gasteiger partial charge is 0.487 e. The quantitative estimate of drug-likeness (QED) is 0.546. The van der Waals surface area contributed by atoms with Crippen molar-refractivity contribution in [3.05, 3.63) is 63.8 Å². The number of ether oxygens (including phenoxy) is 1. The molecule has 5 nitrogen and oxygen atoms in total. The third kappa shape index (κ3) is 3.85. The number of nitrogens with zero attached hydrogens (tertiary/aromatic N) is 1. The number of aliphatic hydroxyl groups excluding tert-OH is 2. The number of hydrogen-bond donors (Lipinski definition) is 3. The highest BCUT2D eigenvalue weighted by atomic mass is 35.5. The highest BCUT2D eigenvalue weighted by Gasteiger charge is 2.43. The van der Waals surface area contributed by atoms with E-state index >= 15 is 0 Å². The lowest BCUT2D eigenvalue weighted by Crippen LogP contribution is -2.51. The summed E-state index contributed by atoms with van der Waals surface area (Å²) in [4.78, 5) is 5.72. The van der Waals surface area contributed by atoms with Crippen LogP contribution in [-0.2, 0) is 0 Å². The summed E-state index contributed by atoms with van der Waals surface area (Å²) in [5, 5.41) is 23.5. The summed E-state index contributed by atoms with van der Waals surface area (Å²) in [6, 6.07) is 11.8. The molecule has 6 heteroatoms. The molecule has 2 aliphatic rings. The monoisotopic (exact) mass is 440 g/mol. The zero-order chi connectivity index (χ0) is 21.8. The van der Waals surface area contributed by atoms with Crippen LogP contribution in [0.1, 0.15) is 53.9 Å². The minimum absolute atomic E-state index is 0.351. The van der Waals surface area contributed by atoms with Crippen molar-refractivity contribution in [3.8, 4) is 5.75 Å². The Balaban J connectivity index is 1.27. The molecule has 164 valence electrons. The molecule has 3 heterocycles. The number of rotatable bonds is 3. The maximum atomic E-state index is 11.1. The van der Waals surface area contributed by atoms with Gasteiger partial charge in [0.25, 0.3) is 0 Å². The second-order valence-corrected chi connectivity index (χ2v) is 9.65. The van der Waals surface area contributed by atoms with Crippen LogP contribution in [-0.4, -0.2) is 45.3 Å². The van der Waals surface area contributed by atoms with Gasteiger partial charge in [-0.3, -0.25) is 0 Å². The molecule has 1 fully saturated rings. The van der Waals surface area contributed by atoms with Gasteiger partial charge in [0.05, 0.1) is 12.2 Å². The van der Waals surface area contributed by atoms with Crippen molar-refractivity contribution in [1.29, 1.82) is 0 Å². The first kappa shape index (κ1) is 20.8. The second-order valence-electron chi connectivity index (χ2n) is 9.22. The molecule has 2 aliphatic heterocycles. The lowest BCUT2D eigenvalue weighted by molar-refractivity contribution is -0.0587. The number of aliphatic hydroxyl groups is 2. The summed E-state index contributed by atoms with van der Waals surface area (Å²) in [6.07, 6.45) is 1.12. The Kier molecular flexibility index (Phi) is 5.25. The molecule has 2 aromatic carbocycles. The van der Waals surface area contributed by atoms with Crippen LogP contribution in [0, 0.1) is 13.8 Å². The minimum Gasteiger partial charge on any atom is -0.487 e. The molecule has 0 radical (unpaired) electrons. The predicted molar refractivity (Wildman–Crippen MR) is 123 cm³/mol.